The summed E-state index contributed by atoms with van der Waals surface area (Å²) in [4.78, 5) is 25.0. The molecule has 1 saturated carbocycles. The largest absolute Gasteiger partial charge is 0.328 e. The highest BCUT2D eigenvalue weighted by Gasteiger charge is 2.27. The van der Waals surface area contributed by atoms with E-state index in [1.165, 1.54) is 18.5 Å². The molecule has 6 nitrogen and oxygen atoms in total. The average Bonchev–Trinajstić information content (AvgIpc) is 3.26. The van der Waals surface area contributed by atoms with Crippen LogP contribution in [0.25, 0.3) is 11.3 Å². The maximum Gasteiger partial charge on any atom is 0.328 e. The Balaban J connectivity index is 1.67. The van der Waals surface area contributed by atoms with Gasteiger partial charge in [0.1, 0.15) is 0 Å². The molecular weight excluding hydrogens is 292 g/mol. The summed E-state index contributed by atoms with van der Waals surface area (Å²) in [5.74, 6) is 0.404. The molecule has 0 unspecified atom stereocenters. The van der Waals surface area contributed by atoms with Crippen molar-refractivity contribution in [2.45, 2.75) is 32.1 Å². The highest BCUT2D eigenvalue weighted by atomic mass is 16.2. The predicted octanol–water partition coefficient (Wildman–Crippen LogP) is 2.71. The molecule has 1 aromatic carbocycles. The van der Waals surface area contributed by atoms with E-state index in [1.807, 2.05) is 25.1 Å². The lowest BCUT2D eigenvalue weighted by Crippen LogP contribution is -2.49. The number of rotatable bonds is 3. The van der Waals surface area contributed by atoms with Gasteiger partial charge < -0.3 is 0 Å². The average molecular weight is 310 g/mol. The maximum atomic E-state index is 12.1. The molecule has 1 aliphatic heterocycles. The number of anilines is 1. The summed E-state index contributed by atoms with van der Waals surface area (Å²) in [5.41, 5.74) is 4.86. The normalized spacial score (nSPS) is 18.2. The molecule has 4 rings (SSSR count). The van der Waals surface area contributed by atoms with Gasteiger partial charge in [-0.3, -0.25) is 20.1 Å². The van der Waals surface area contributed by atoms with Crippen LogP contribution < -0.4 is 10.2 Å². The summed E-state index contributed by atoms with van der Waals surface area (Å²) in [5, 5.41) is 9.87. The molecule has 2 heterocycles. The van der Waals surface area contributed by atoms with Crippen LogP contribution in [0, 0.1) is 6.92 Å². The number of benzene rings is 1. The second-order valence-corrected chi connectivity index (χ2v) is 6.24. The Morgan fingerprint density at radius 3 is 2.78 bits per heavy atom. The SMILES string of the molecule is Cc1ccc(-c2cc(C3CC3)[nH]n2)cc1N1CCC(=O)NC1=O. The Hall–Kier alpha value is -2.63. The minimum Gasteiger partial charge on any atom is -0.293 e. The summed E-state index contributed by atoms with van der Waals surface area (Å²) in [6.07, 6.45) is 2.77. The van der Waals surface area contributed by atoms with Gasteiger partial charge in [-0.2, -0.15) is 5.10 Å². The summed E-state index contributed by atoms with van der Waals surface area (Å²) in [6.45, 7) is 2.37. The molecular formula is C17H18N4O2. The molecule has 0 radical (unpaired) electrons. The second kappa shape index (κ2) is 5.22. The third-order valence-corrected chi connectivity index (χ3v) is 4.46. The van der Waals surface area contributed by atoms with Crippen LogP contribution in [0.3, 0.4) is 0 Å². The zero-order valence-electron chi connectivity index (χ0n) is 12.9. The van der Waals surface area contributed by atoms with Gasteiger partial charge in [-0.1, -0.05) is 12.1 Å². The monoisotopic (exact) mass is 310 g/mol. The number of urea groups is 1. The predicted molar refractivity (Wildman–Crippen MR) is 86.2 cm³/mol. The van der Waals surface area contributed by atoms with Gasteiger partial charge in [0.25, 0.3) is 0 Å². The first kappa shape index (κ1) is 14.0. The van der Waals surface area contributed by atoms with Crippen molar-refractivity contribution in [3.63, 3.8) is 0 Å². The molecule has 6 heteroatoms. The molecule has 1 aliphatic carbocycles. The molecule has 2 aromatic rings. The lowest BCUT2D eigenvalue weighted by atomic mass is 10.1. The molecule has 2 N–H and O–H groups in total. The van der Waals surface area contributed by atoms with Crippen molar-refractivity contribution in [2.75, 3.05) is 11.4 Å². The Morgan fingerprint density at radius 2 is 2.04 bits per heavy atom. The van der Waals surface area contributed by atoms with E-state index in [2.05, 4.69) is 21.6 Å². The fraction of sp³-hybridized carbons (Fsp3) is 0.353. The minimum absolute atomic E-state index is 0.221. The molecule has 1 saturated heterocycles. The molecule has 2 aliphatic rings. The number of hydrogen-bond acceptors (Lipinski definition) is 3. The van der Waals surface area contributed by atoms with E-state index in [0.717, 1.165) is 22.5 Å². The van der Waals surface area contributed by atoms with Crippen LogP contribution in [0.5, 0.6) is 0 Å². The van der Waals surface area contributed by atoms with E-state index < -0.39 is 0 Å². The lowest BCUT2D eigenvalue weighted by Gasteiger charge is -2.28. The fourth-order valence-electron chi connectivity index (χ4n) is 2.94. The topological polar surface area (TPSA) is 78.1 Å². The number of aromatic nitrogens is 2. The van der Waals surface area contributed by atoms with Gasteiger partial charge in [-0.05, 0) is 37.5 Å². The van der Waals surface area contributed by atoms with Crippen molar-refractivity contribution in [1.29, 1.82) is 0 Å². The third-order valence-electron chi connectivity index (χ3n) is 4.46. The van der Waals surface area contributed by atoms with Crippen LogP contribution in [0.2, 0.25) is 0 Å². The third kappa shape index (κ3) is 2.60. The minimum atomic E-state index is -0.359. The fourth-order valence-corrected chi connectivity index (χ4v) is 2.94. The number of nitrogens with one attached hydrogen (secondary N) is 2. The van der Waals surface area contributed by atoms with Gasteiger partial charge in [0, 0.05) is 35.8 Å². The van der Waals surface area contributed by atoms with Crippen molar-refractivity contribution in [3.05, 3.63) is 35.5 Å². The summed E-state index contributed by atoms with van der Waals surface area (Å²) >= 11 is 0. The van der Waals surface area contributed by atoms with Crippen molar-refractivity contribution in [3.8, 4) is 11.3 Å². The number of amides is 3. The van der Waals surface area contributed by atoms with Crippen LogP contribution in [-0.2, 0) is 4.79 Å². The van der Waals surface area contributed by atoms with E-state index in [9.17, 15) is 9.59 Å². The Bertz CT molecular complexity index is 792. The van der Waals surface area contributed by atoms with Crippen LogP contribution in [0.15, 0.2) is 24.3 Å². The maximum absolute atomic E-state index is 12.1. The molecule has 0 atom stereocenters. The van der Waals surface area contributed by atoms with Crippen LogP contribution >= 0.6 is 0 Å². The van der Waals surface area contributed by atoms with Crippen LogP contribution in [0.1, 0.15) is 36.4 Å². The number of nitrogens with zero attached hydrogens (tertiary/aromatic N) is 2. The number of carbonyl (C=O) groups is 2. The molecule has 0 spiro atoms. The van der Waals surface area contributed by atoms with Crippen molar-refractivity contribution < 1.29 is 9.59 Å². The van der Waals surface area contributed by atoms with Crippen molar-refractivity contribution >= 4 is 17.6 Å². The van der Waals surface area contributed by atoms with Crippen molar-refractivity contribution in [1.82, 2.24) is 15.5 Å². The van der Waals surface area contributed by atoms with E-state index >= 15 is 0 Å². The highest BCUT2D eigenvalue weighted by molar-refractivity contribution is 6.06. The molecule has 23 heavy (non-hydrogen) atoms. The Labute approximate surface area is 133 Å². The van der Waals surface area contributed by atoms with E-state index in [-0.39, 0.29) is 11.9 Å². The molecule has 118 valence electrons. The zero-order chi connectivity index (χ0) is 16.0. The second-order valence-electron chi connectivity index (χ2n) is 6.24. The molecule has 0 bridgehead atoms. The van der Waals surface area contributed by atoms with Gasteiger partial charge in [0.15, 0.2) is 0 Å². The van der Waals surface area contributed by atoms with E-state index in [0.29, 0.717) is 18.9 Å². The standard InChI is InChI=1S/C17H18N4O2/c1-10-2-3-12(14-9-13(19-20-14)11-4-5-11)8-15(10)21-7-6-16(22)18-17(21)23/h2-3,8-9,11H,4-7H2,1H3,(H,19,20)(H,18,22,23). The van der Waals surface area contributed by atoms with E-state index in [1.54, 1.807) is 4.90 Å². The summed E-state index contributed by atoms with van der Waals surface area (Å²) in [7, 11) is 0. The molecule has 1 aromatic heterocycles. The van der Waals surface area contributed by atoms with Gasteiger partial charge in [-0.15, -0.1) is 0 Å². The lowest BCUT2D eigenvalue weighted by molar-refractivity contribution is -0.120. The molecule has 2 fully saturated rings. The van der Waals surface area contributed by atoms with Crippen molar-refractivity contribution in [2.24, 2.45) is 0 Å². The number of carbonyl (C=O) groups excluding carboxylic acids is 2. The highest BCUT2D eigenvalue weighted by Crippen LogP contribution is 2.40. The van der Waals surface area contributed by atoms with Gasteiger partial charge in [0.2, 0.25) is 5.91 Å². The smallest absolute Gasteiger partial charge is 0.293 e. The summed E-state index contributed by atoms with van der Waals surface area (Å²) in [6, 6.07) is 7.70. The summed E-state index contributed by atoms with van der Waals surface area (Å²) < 4.78 is 0. The van der Waals surface area contributed by atoms with Crippen LogP contribution in [-0.4, -0.2) is 28.7 Å². The number of H-pyrrole nitrogens is 1. The first-order valence-electron chi connectivity index (χ1n) is 7.89. The quantitative estimate of drug-likeness (QED) is 0.915. The zero-order valence-corrected chi connectivity index (χ0v) is 12.9. The van der Waals surface area contributed by atoms with E-state index in [4.69, 9.17) is 0 Å². The number of imide groups is 1. The van der Waals surface area contributed by atoms with Gasteiger partial charge >= 0.3 is 6.03 Å². The molecule has 3 amide bonds. The van der Waals surface area contributed by atoms with Gasteiger partial charge in [-0.25, -0.2) is 4.79 Å². The first-order valence-corrected chi connectivity index (χ1v) is 7.89. The Morgan fingerprint density at radius 1 is 1.22 bits per heavy atom. The van der Waals surface area contributed by atoms with Crippen LogP contribution in [0.4, 0.5) is 10.5 Å². The number of aryl methyl sites for hydroxylation is 1. The number of hydrogen-bond donors (Lipinski definition) is 2. The Kier molecular flexibility index (Phi) is 3.18. The number of aromatic amines is 1. The first-order chi connectivity index (χ1) is 11.1. The van der Waals surface area contributed by atoms with Gasteiger partial charge in [0.05, 0.1) is 5.69 Å².